The van der Waals surface area contributed by atoms with Crippen molar-refractivity contribution in [2.24, 2.45) is 16.8 Å². The molecule has 0 radical (unpaired) electrons. The van der Waals surface area contributed by atoms with Gasteiger partial charge in [-0.05, 0) is 19.3 Å². The minimum atomic E-state index is -0.348. The molecule has 1 unspecified atom stereocenters. The number of carbonyl (C=O) groups excluding carboxylic acids is 1. The molecule has 1 atom stereocenters. The monoisotopic (exact) mass is 227 g/mol. The first-order valence-electron chi connectivity index (χ1n) is 5.96. The smallest absolute Gasteiger partial charge is 0.223 e. The third-order valence-electron chi connectivity index (χ3n) is 3.17. The second-order valence-electron chi connectivity index (χ2n) is 4.33. The predicted molar refractivity (Wildman–Crippen MR) is 62.2 cm³/mol. The Morgan fingerprint density at radius 1 is 1.50 bits per heavy atom. The lowest BCUT2D eigenvalue weighted by molar-refractivity contribution is -0.126. The second kappa shape index (κ2) is 6.35. The predicted octanol–water partition coefficient (Wildman–Crippen LogP) is 1.21. The van der Waals surface area contributed by atoms with Crippen LogP contribution in [0.4, 0.5) is 0 Å². The number of hydrogen-bond donors (Lipinski definition) is 3. The molecule has 1 saturated carbocycles. The molecule has 4 N–H and O–H groups in total. The van der Waals surface area contributed by atoms with Crippen molar-refractivity contribution in [3.05, 3.63) is 0 Å². The molecule has 1 fully saturated rings. The summed E-state index contributed by atoms with van der Waals surface area (Å²) in [5.74, 6) is 0.221. The normalized spacial score (nSPS) is 20.4. The fourth-order valence-electron chi connectivity index (χ4n) is 2.11. The Hall–Kier alpha value is -1.26. The van der Waals surface area contributed by atoms with Crippen molar-refractivity contribution in [2.75, 3.05) is 0 Å². The van der Waals surface area contributed by atoms with E-state index in [1.54, 1.807) is 0 Å². The summed E-state index contributed by atoms with van der Waals surface area (Å²) in [5.41, 5.74) is 5.49. The summed E-state index contributed by atoms with van der Waals surface area (Å²) < 4.78 is 0. The number of rotatable bonds is 4. The first kappa shape index (κ1) is 12.8. The number of nitrogens with one attached hydrogen (secondary N) is 1. The molecule has 1 aliphatic rings. The maximum absolute atomic E-state index is 11.9. The summed E-state index contributed by atoms with van der Waals surface area (Å²) >= 11 is 0. The van der Waals surface area contributed by atoms with Crippen LogP contribution in [0.15, 0.2) is 5.16 Å². The highest BCUT2D eigenvalue weighted by Crippen LogP contribution is 2.23. The molecule has 0 saturated heterocycles. The average Bonchev–Trinajstić information content (AvgIpc) is 2.35. The van der Waals surface area contributed by atoms with Crippen molar-refractivity contribution in [1.82, 2.24) is 5.32 Å². The van der Waals surface area contributed by atoms with E-state index in [1.807, 2.05) is 6.92 Å². The number of oxime groups is 1. The van der Waals surface area contributed by atoms with Gasteiger partial charge in [-0.2, -0.15) is 0 Å². The molecular weight excluding hydrogens is 206 g/mol. The molecule has 5 nitrogen and oxygen atoms in total. The fraction of sp³-hybridized carbons (Fsp3) is 0.818. The highest BCUT2D eigenvalue weighted by molar-refractivity contribution is 5.90. The Morgan fingerprint density at radius 2 is 2.12 bits per heavy atom. The molecule has 0 spiro atoms. The van der Waals surface area contributed by atoms with Gasteiger partial charge in [0.15, 0.2) is 5.84 Å². The van der Waals surface area contributed by atoms with Crippen LogP contribution in [0.25, 0.3) is 0 Å². The Bertz CT molecular complexity index is 260. The van der Waals surface area contributed by atoms with E-state index in [0.29, 0.717) is 6.42 Å². The van der Waals surface area contributed by atoms with Crippen molar-refractivity contribution in [3.8, 4) is 0 Å². The standard InChI is InChI=1S/C11H21N3O2/c1-2-9(10(12)14-16)13-11(15)8-6-4-3-5-7-8/h8-9,16H,2-7H2,1H3,(H2,12,14)(H,13,15). The van der Waals surface area contributed by atoms with Gasteiger partial charge in [0, 0.05) is 5.92 Å². The molecule has 5 heteroatoms. The largest absolute Gasteiger partial charge is 0.409 e. The van der Waals surface area contributed by atoms with Crippen molar-refractivity contribution in [1.29, 1.82) is 0 Å². The van der Waals surface area contributed by atoms with Crippen LogP contribution in [0.3, 0.4) is 0 Å². The zero-order valence-corrected chi connectivity index (χ0v) is 9.78. The summed E-state index contributed by atoms with van der Waals surface area (Å²) in [6.45, 7) is 1.89. The van der Waals surface area contributed by atoms with E-state index in [1.165, 1.54) is 6.42 Å². The molecule has 16 heavy (non-hydrogen) atoms. The van der Waals surface area contributed by atoms with Gasteiger partial charge in [0.05, 0.1) is 6.04 Å². The minimum absolute atomic E-state index is 0.0400. The summed E-state index contributed by atoms with van der Waals surface area (Å²) in [7, 11) is 0. The minimum Gasteiger partial charge on any atom is -0.409 e. The number of nitrogens with zero attached hydrogens (tertiary/aromatic N) is 1. The summed E-state index contributed by atoms with van der Waals surface area (Å²) in [4.78, 5) is 11.9. The van der Waals surface area contributed by atoms with Gasteiger partial charge in [0.1, 0.15) is 0 Å². The van der Waals surface area contributed by atoms with Gasteiger partial charge in [0.25, 0.3) is 0 Å². The highest BCUT2D eigenvalue weighted by atomic mass is 16.4. The van der Waals surface area contributed by atoms with E-state index in [4.69, 9.17) is 10.9 Å². The van der Waals surface area contributed by atoms with Crippen molar-refractivity contribution < 1.29 is 10.0 Å². The molecule has 0 aromatic carbocycles. The molecule has 0 aromatic rings. The van der Waals surface area contributed by atoms with E-state index >= 15 is 0 Å². The zero-order chi connectivity index (χ0) is 12.0. The van der Waals surface area contributed by atoms with E-state index < -0.39 is 0 Å². The lowest BCUT2D eigenvalue weighted by Crippen LogP contribution is -2.46. The maximum atomic E-state index is 11.9. The van der Waals surface area contributed by atoms with Gasteiger partial charge in [0.2, 0.25) is 5.91 Å². The Kier molecular flexibility index (Phi) is 5.08. The van der Waals surface area contributed by atoms with Crippen LogP contribution in [-0.2, 0) is 4.79 Å². The number of carbonyl (C=O) groups is 1. The maximum Gasteiger partial charge on any atom is 0.223 e. The van der Waals surface area contributed by atoms with Gasteiger partial charge in [-0.1, -0.05) is 31.3 Å². The van der Waals surface area contributed by atoms with E-state index in [0.717, 1.165) is 25.7 Å². The van der Waals surface area contributed by atoms with Crippen molar-refractivity contribution >= 4 is 11.7 Å². The number of amidine groups is 1. The van der Waals surface area contributed by atoms with Gasteiger partial charge in [-0.3, -0.25) is 4.79 Å². The molecule has 0 aromatic heterocycles. The van der Waals surface area contributed by atoms with Crippen LogP contribution < -0.4 is 11.1 Å². The van der Waals surface area contributed by atoms with Crippen LogP contribution in [0, 0.1) is 5.92 Å². The van der Waals surface area contributed by atoms with Crippen LogP contribution >= 0.6 is 0 Å². The number of amides is 1. The molecule has 0 heterocycles. The quantitative estimate of drug-likeness (QED) is 0.292. The zero-order valence-electron chi connectivity index (χ0n) is 9.78. The van der Waals surface area contributed by atoms with Crippen LogP contribution in [-0.4, -0.2) is 23.0 Å². The third kappa shape index (κ3) is 3.40. The molecule has 92 valence electrons. The number of nitrogens with two attached hydrogens (primary N) is 1. The number of hydrogen-bond acceptors (Lipinski definition) is 3. The first-order chi connectivity index (χ1) is 7.69. The lowest BCUT2D eigenvalue weighted by atomic mass is 9.88. The fourth-order valence-corrected chi connectivity index (χ4v) is 2.11. The average molecular weight is 227 g/mol. The second-order valence-corrected chi connectivity index (χ2v) is 4.33. The molecule has 1 amide bonds. The molecule has 1 rings (SSSR count). The third-order valence-corrected chi connectivity index (χ3v) is 3.17. The molecule has 0 aliphatic heterocycles. The van der Waals surface area contributed by atoms with Crippen LogP contribution in [0.5, 0.6) is 0 Å². The van der Waals surface area contributed by atoms with Gasteiger partial charge < -0.3 is 16.3 Å². The van der Waals surface area contributed by atoms with Crippen LogP contribution in [0.1, 0.15) is 45.4 Å². The molecule has 0 bridgehead atoms. The van der Waals surface area contributed by atoms with Crippen LogP contribution in [0.2, 0.25) is 0 Å². The van der Waals surface area contributed by atoms with Gasteiger partial charge >= 0.3 is 0 Å². The van der Waals surface area contributed by atoms with Gasteiger partial charge in [-0.25, -0.2) is 0 Å². The Balaban J connectivity index is 2.47. The lowest BCUT2D eigenvalue weighted by Gasteiger charge is -2.23. The molecular formula is C11H21N3O2. The summed E-state index contributed by atoms with van der Waals surface area (Å²) in [6.07, 6.45) is 6.02. The summed E-state index contributed by atoms with van der Waals surface area (Å²) in [6, 6.07) is -0.348. The topological polar surface area (TPSA) is 87.7 Å². The Morgan fingerprint density at radius 3 is 2.62 bits per heavy atom. The van der Waals surface area contributed by atoms with E-state index in [2.05, 4.69) is 10.5 Å². The van der Waals surface area contributed by atoms with Crippen molar-refractivity contribution in [2.45, 2.75) is 51.5 Å². The first-order valence-corrected chi connectivity index (χ1v) is 5.96. The van der Waals surface area contributed by atoms with Gasteiger partial charge in [-0.15, -0.1) is 0 Å². The molecule has 1 aliphatic carbocycles. The van der Waals surface area contributed by atoms with Crippen molar-refractivity contribution in [3.63, 3.8) is 0 Å². The van der Waals surface area contributed by atoms with E-state index in [9.17, 15) is 4.79 Å². The SMILES string of the molecule is CCC(NC(=O)C1CCCCC1)/C(N)=N/O. The highest BCUT2D eigenvalue weighted by Gasteiger charge is 2.24. The summed E-state index contributed by atoms with van der Waals surface area (Å²) in [5, 5.41) is 14.3. The van der Waals surface area contributed by atoms with E-state index in [-0.39, 0.29) is 23.7 Å². The Labute approximate surface area is 96.1 Å².